The second-order valence-corrected chi connectivity index (χ2v) is 4.66. The number of nitrogens with zero attached hydrogens (tertiary/aromatic N) is 2. The Labute approximate surface area is 123 Å². The van der Waals surface area contributed by atoms with Crippen molar-refractivity contribution in [3.05, 3.63) is 40.0 Å². The molecule has 6 heteroatoms. The Morgan fingerprint density at radius 1 is 1.33 bits per heavy atom. The summed E-state index contributed by atoms with van der Waals surface area (Å²) >= 11 is 0. The topological polar surface area (TPSA) is 83.7 Å². The molecule has 0 heterocycles. The zero-order chi connectivity index (χ0) is 15.8. The summed E-state index contributed by atoms with van der Waals surface area (Å²) in [4.78, 5) is 23.3. The first-order valence-electron chi connectivity index (χ1n) is 6.94. The lowest BCUT2D eigenvalue weighted by molar-refractivity contribution is -0.384. The number of hydrogen-bond donors (Lipinski definition) is 1. The molecule has 0 spiro atoms. The molecule has 0 aliphatic carbocycles. The van der Waals surface area contributed by atoms with E-state index in [0.29, 0.717) is 11.3 Å². The summed E-state index contributed by atoms with van der Waals surface area (Å²) in [6.07, 6.45) is 4.12. The van der Waals surface area contributed by atoms with Crippen LogP contribution < -0.4 is 4.90 Å². The number of carbonyl (C=O) groups is 1. The second kappa shape index (κ2) is 8.04. The van der Waals surface area contributed by atoms with Crippen molar-refractivity contribution in [2.24, 2.45) is 0 Å². The predicted molar refractivity (Wildman–Crippen MR) is 82.6 cm³/mol. The molecule has 21 heavy (non-hydrogen) atoms. The molecule has 0 radical (unpaired) electrons. The average molecular weight is 292 g/mol. The zero-order valence-electron chi connectivity index (χ0n) is 12.3. The Hall–Kier alpha value is -2.37. The minimum Gasteiger partial charge on any atom is -0.478 e. The Balaban J connectivity index is 3.19. The maximum Gasteiger partial charge on any atom is 0.328 e. The smallest absolute Gasteiger partial charge is 0.328 e. The van der Waals surface area contributed by atoms with Gasteiger partial charge in [0.2, 0.25) is 0 Å². The molecule has 0 saturated carbocycles. The van der Waals surface area contributed by atoms with Crippen molar-refractivity contribution >= 4 is 23.4 Å². The van der Waals surface area contributed by atoms with Gasteiger partial charge in [-0.3, -0.25) is 10.1 Å². The van der Waals surface area contributed by atoms with Crippen molar-refractivity contribution in [3.8, 4) is 0 Å². The quantitative estimate of drug-likeness (QED) is 0.451. The number of carboxylic acid groups (broad SMARTS) is 1. The van der Waals surface area contributed by atoms with Gasteiger partial charge >= 0.3 is 5.97 Å². The minimum absolute atomic E-state index is 0.00411. The van der Waals surface area contributed by atoms with E-state index >= 15 is 0 Å². The van der Waals surface area contributed by atoms with E-state index in [1.54, 1.807) is 12.1 Å². The molecule has 114 valence electrons. The molecule has 1 N–H and O–H groups in total. The van der Waals surface area contributed by atoms with Crippen LogP contribution in [0.2, 0.25) is 0 Å². The molecule has 0 fully saturated rings. The van der Waals surface area contributed by atoms with Crippen LogP contribution in [-0.2, 0) is 4.79 Å². The first-order chi connectivity index (χ1) is 9.99. The molecule has 0 aliphatic rings. The monoisotopic (exact) mass is 292 g/mol. The van der Waals surface area contributed by atoms with Gasteiger partial charge in [-0.2, -0.15) is 0 Å². The van der Waals surface area contributed by atoms with Crippen molar-refractivity contribution in [3.63, 3.8) is 0 Å². The summed E-state index contributed by atoms with van der Waals surface area (Å²) in [7, 11) is 0. The van der Waals surface area contributed by atoms with Gasteiger partial charge in [0.05, 0.1) is 4.92 Å². The Bertz CT molecular complexity index is 534. The summed E-state index contributed by atoms with van der Waals surface area (Å²) in [5, 5.41) is 19.9. The van der Waals surface area contributed by atoms with Crippen molar-refractivity contribution < 1.29 is 14.8 Å². The second-order valence-electron chi connectivity index (χ2n) is 4.66. The third-order valence-electron chi connectivity index (χ3n) is 2.94. The predicted octanol–water partition coefficient (Wildman–Crippen LogP) is 3.32. The molecule has 0 saturated heterocycles. The van der Waals surface area contributed by atoms with Gasteiger partial charge in [0, 0.05) is 25.2 Å². The molecule has 0 atom stereocenters. The lowest BCUT2D eigenvalue weighted by Crippen LogP contribution is -2.25. The Morgan fingerprint density at radius 2 is 1.95 bits per heavy atom. The van der Waals surface area contributed by atoms with E-state index in [1.807, 2.05) is 18.7 Å². The van der Waals surface area contributed by atoms with E-state index in [2.05, 4.69) is 0 Å². The minimum atomic E-state index is -1.08. The van der Waals surface area contributed by atoms with Crippen molar-refractivity contribution in [1.82, 2.24) is 0 Å². The molecule has 0 aliphatic heterocycles. The summed E-state index contributed by atoms with van der Waals surface area (Å²) in [6.45, 7) is 5.55. The molecule has 1 aromatic rings. The van der Waals surface area contributed by atoms with Gasteiger partial charge in [-0.05, 0) is 30.5 Å². The lowest BCUT2D eigenvalue weighted by atomic mass is 10.1. The summed E-state index contributed by atoms with van der Waals surface area (Å²) < 4.78 is 0. The SMILES string of the molecule is CCCN(CCC)c1ccc(/C=C/C(=O)O)cc1[N+](=O)[O-]. The van der Waals surface area contributed by atoms with E-state index in [0.717, 1.165) is 32.0 Å². The van der Waals surface area contributed by atoms with Crippen LogP contribution in [0.5, 0.6) is 0 Å². The standard InChI is InChI=1S/C15H20N2O4/c1-3-9-16(10-4-2)13-7-5-12(6-8-15(18)19)11-14(13)17(20)21/h5-8,11H,3-4,9-10H2,1-2H3,(H,18,19)/b8-6+. The molecule has 0 bridgehead atoms. The molecule has 0 amide bonds. The highest BCUT2D eigenvalue weighted by atomic mass is 16.6. The van der Waals surface area contributed by atoms with E-state index in [4.69, 9.17) is 5.11 Å². The van der Waals surface area contributed by atoms with Crippen molar-refractivity contribution in [2.45, 2.75) is 26.7 Å². The summed E-state index contributed by atoms with van der Waals surface area (Å²) in [6, 6.07) is 4.79. The van der Waals surface area contributed by atoms with Crippen LogP contribution in [0.4, 0.5) is 11.4 Å². The third-order valence-corrected chi connectivity index (χ3v) is 2.94. The molecular weight excluding hydrogens is 272 g/mol. The van der Waals surface area contributed by atoms with Gasteiger partial charge in [0.1, 0.15) is 5.69 Å². The summed E-state index contributed by atoms with van der Waals surface area (Å²) in [5.41, 5.74) is 1.08. The van der Waals surface area contributed by atoms with E-state index in [9.17, 15) is 14.9 Å². The number of aliphatic carboxylic acids is 1. The van der Waals surface area contributed by atoms with Crippen molar-refractivity contribution in [2.75, 3.05) is 18.0 Å². The van der Waals surface area contributed by atoms with Crippen LogP contribution in [0.3, 0.4) is 0 Å². The maximum atomic E-state index is 11.3. The number of nitro benzene ring substituents is 1. The normalized spacial score (nSPS) is 10.8. The highest BCUT2D eigenvalue weighted by Gasteiger charge is 2.18. The fourth-order valence-corrected chi connectivity index (χ4v) is 2.12. The van der Waals surface area contributed by atoms with Crippen LogP contribution in [0.1, 0.15) is 32.3 Å². The first kappa shape index (κ1) is 16.7. The van der Waals surface area contributed by atoms with Gasteiger partial charge < -0.3 is 10.0 Å². The third kappa shape index (κ3) is 4.91. The van der Waals surface area contributed by atoms with Crippen LogP contribution in [0, 0.1) is 10.1 Å². The Morgan fingerprint density at radius 3 is 2.43 bits per heavy atom. The van der Waals surface area contributed by atoms with Crippen LogP contribution in [-0.4, -0.2) is 29.1 Å². The fraction of sp³-hybridized carbons (Fsp3) is 0.400. The molecule has 6 nitrogen and oxygen atoms in total. The number of carboxylic acids is 1. The van der Waals surface area contributed by atoms with Crippen LogP contribution >= 0.6 is 0 Å². The lowest BCUT2D eigenvalue weighted by Gasteiger charge is -2.23. The number of nitro groups is 1. The fourth-order valence-electron chi connectivity index (χ4n) is 2.12. The number of rotatable bonds is 8. The molecule has 0 aromatic heterocycles. The van der Waals surface area contributed by atoms with Crippen LogP contribution in [0.15, 0.2) is 24.3 Å². The number of anilines is 1. The van der Waals surface area contributed by atoms with Gasteiger partial charge in [0.25, 0.3) is 5.69 Å². The van der Waals surface area contributed by atoms with Gasteiger partial charge in [0.15, 0.2) is 0 Å². The van der Waals surface area contributed by atoms with E-state index in [-0.39, 0.29) is 5.69 Å². The van der Waals surface area contributed by atoms with Crippen molar-refractivity contribution in [1.29, 1.82) is 0 Å². The summed E-state index contributed by atoms with van der Waals surface area (Å²) in [5.74, 6) is -1.08. The van der Waals surface area contributed by atoms with Crippen LogP contribution in [0.25, 0.3) is 6.08 Å². The molecule has 1 rings (SSSR count). The maximum absolute atomic E-state index is 11.3. The zero-order valence-corrected chi connectivity index (χ0v) is 12.3. The number of benzene rings is 1. The molecule has 1 aromatic carbocycles. The van der Waals surface area contributed by atoms with Gasteiger partial charge in [-0.25, -0.2) is 4.79 Å². The van der Waals surface area contributed by atoms with E-state index < -0.39 is 10.9 Å². The molecular formula is C15H20N2O4. The number of hydrogen-bond acceptors (Lipinski definition) is 4. The Kier molecular flexibility index (Phi) is 6.39. The highest BCUT2D eigenvalue weighted by Crippen LogP contribution is 2.30. The van der Waals surface area contributed by atoms with E-state index in [1.165, 1.54) is 12.1 Å². The largest absolute Gasteiger partial charge is 0.478 e. The molecule has 0 unspecified atom stereocenters. The van der Waals surface area contributed by atoms with Gasteiger partial charge in [-0.15, -0.1) is 0 Å². The first-order valence-corrected chi connectivity index (χ1v) is 6.94. The average Bonchev–Trinajstić information content (AvgIpc) is 2.44. The van der Waals surface area contributed by atoms with Gasteiger partial charge in [-0.1, -0.05) is 19.9 Å². The highest BCUT2D eigenvalue weighted by molar-refractivity contribution is 5.85.